The molecule has 0 radical (unpaired) electrons. The van der Waals surface area contributed by atoms with E-state index in [4.69, 9.17) is 5.73 Å². The average Bonchev–Trinajstić information content (AvgIpc) is 2.64. The van der Waals surface area contributed by atoms with Crippen LogP contribution in [0.2, 0.25) is 0 Å². The first-order chi connectivity index (χ1) is 7.63. The Kier molecular flexibility index (Phi) is 2.92. The van der Waals surface area contributed by atoms with E-state index in [1.807, 2.05) is 0 Å². The van der Waals surface area contributed by atoms with E-state index in [0.29, 0.717) is 30.8 Å². The number of aryl methyl sites for hydroxylation is 1. The Bertz CT molecular complexity index is 419. The molecule has 1 heterocycles. The Morgan fingerprint density at radius 3 is 2.94 bits per heavy atom. The molecule has 1 amide bonds. The topological polar surface area (TPSA) is 46.3 Å². The van der Waals surface area contributed by atoms with Crippen LogP contribution in [0.1, 0.15) is 12.0 Å². The molecule has 2 rings (SSSR count). The Balaban J connectivity index is 2.31. The molecule has 16 heavy (non-hydrogen) atoms. The lowest BCUT2D eigenvalue weighted by Crippen LogP contribution is -2.26. The summed E-state index contributed by atoms with van der Waals surface area (Å²) >= 11 is 0. The van der Waals surface area contributed by atoms with Gasteiger partial charge >= 0.3 is 0 Å². The summed E-state index contributed by atoms with van der Waals surface area (Å²) in [6.07, 6.45) is 0.421. The van der Waals surface area contributed by atoms with Crippen LogP contribution in [0, 0.1) is 18.7 Å². The second-order valence-corrected chi connectivity index (χ2v) is 4.22. The van der Waals surface area contributed by atoms with Gasteiger partial charge in [-0.05, 0) is 31.0 Å². The van der Waals surface area contributed by atoms with Crippen molar-refractivity contribution in [3.05, 3.63) is 29.6 Å². The van der Waals surface area contributed by atoms with Crippen LogP contribution in [0.15, 0.2) is 18.2 Å². The smallest absolute Gasteiger partial charge is 0.227 e. The SMILES string of the molecule is Cc1cccc(N2CC(CN)CC2=O)c1F. The predicted octanol–water partition coefficient (Wildman–Crippen LogP) is 1.45. The standard InChI is InChI=1S/C12H15FN2O/c1-8-3-2-4-10(12(8)13)15-7-9(6-14)5-11(15)16/h2-4,9H,5-7,14H2,1H3. The molecule has 2 N–H and O–H groups in total. The summed E-state index contributed by atoms with van der Waals surface area (Å²) in [5.41, 5.74) is 6.46. The summed E-state index contributed by atoms with van der Waals surface area (Å²) in [7, 11) is 0. The van der Waals surface area contributed by atoms with Gasteiger partial charge in [0.25, 0.3) is 0 Å². The zero-order valence-electron chi connectivity index (χ0n) is 9.24. The molecule has 1 unspecified atom stereocenters. The zero-order chi connectivity index (χ0) is 11.7. The van der Waals surface area contributed by atoms with E-state index in [9.17, 15) is 9.18 Å². The van der Waals surface area contributed by atoms with Crippen LogP contribution in [-0.2, 0) is 4.79 Å². The lowest BCUT2D eigenvalue weighted by atomic mass is 10.1. The van der Waals surface area contributed by atoms with Gasteiger partial charge in [-0.15, -0.1) is 0 Å². The van der Waals surface area contributed by atoms with Crippen LogP contribution in [-0.4, -0.2) is 19.0 Å². The van der Waals surface area contributed by atoms with Crippen molar-refractivity contribution in [2.75, 3.05) is 18.0 Å². The van der Waals surface area contributed by atoms with Crippen molar-refractivity contribution in [3.8, 4) is 0 Å². The van der Waals surface area contributed by atoms with Crippen molar-refractivity contribution in [3.63, 3.8) is 0 Å². The van der Waals surface area contributed by atoms with Crippen molar-refractivity contribution in [2.24, 2.45) is 11.7 Å². The Labute approximate surface area is 94.0 Å². The number of anilines is 1. The van der Waals surface area contributed by atoms with Crippen molar-refractivity contribution in [2.45, 2.75) is 13.3 Å². The van der Waals surface area contributed by atoms with Gasteiger partial charge in [-0.25, -0.2) is 4.39 Å². The van der Waals surface area contributed by atoms with Gasteiger partial charge in [0, 0.05) is 13.0 Å². The van der Waals surface area contributed by atoms with Gasteiger partial charge in [0.05, 0.1) is 5.69 Å². The van der Waals surface area contributed by atoms with E-state index >= 15 is 0 Å². The highest BCUT2D eigenvalue weighted by molar-refractivity contribution is 5.95. The maximum atomic E-state index is 13.8. The first kappa shape index (κ1) is 11.1. The van der Waals surface area contributed by atoms with Gasteiger partial charge in [0.15, 0.2) is 0 Å². The highest BCUT2D eigenvalue weighted by Gasteiger charge is 2.31. The van der Waals surface area contributed by atoms with Crippen molar-refractivity contribution in [1.29, 1.82) is 0 Å². The molecule has 4 heteroatoms. The molecule has 3 nitrogen and oxygen atoms in total. The van der Waals surface area contributed by atoms with Crippen molar-refractivity contribution in [1.82, 2.24) is 0 Å². The molecule has 0 spiro atoms. The van der Waals surface area contributed by atoms with Crippen molar-refractivity contribution >= 4 is 11.6 Å². The molecule has 0 bridgehead atoms. The summed E-state index contributed by atoms with van der Waals surface area (Å²) in [5, 5.41) is 0. The molecule has 0 aliphatic carbocycles. The number of benzene rings is 1. The van der Waals surface area contributed by atoms with Gasteiger partial charge in [0.2, 0.25) is 5.91 Å². The fourth-order valence-electron chi connectivity index (χ4n) is 2.01. The summed E-state index contributed by atoms with van der Waals surface area (Å²) in [5.74, 6) is -0.208. The second-order valence-electron chi connectivity index (χ2n) is 4.22. The van der Waals surface area contributed by atoms with Crippen LogP contribution in [0.3, 0.4) is 0 Å². The largest absolute Gasteiger partial charge is 0.330 e. The second kappa shape index (κ2) is 4.22. The molecular formula is C12H15FN2O. The van der Waals surface area contributed by atoms with E-state index < -0.39 is 0 Å². The van der Waals surface area contributed by atoms with Crippen LogP contribution in [0.5, 0.6) is 0 Å². The van der Waals surface area contributed by atoms with Crippen LogP contribution >= 0.6 is 0 Å². The first-order valence-electron chi connectivity index (χ1n) is 5.39. The molecule has 86 valence electrons. The molecule has 1 saturated heterocycles. The molecule has 0 saturated carbocycles. The number of hydrogen-bond donors (Lipinski definition) is 1. The minimum atomic E-state index is -0.312. The third-order valence-corrected chi connectivity index (χ3v) is 3.00. The maximum Gasteiger partial charge on any atom is 0.227 e. The number of halogens is 1. The van der Waals surface area contributed by atoms with Gasteiger partial charge in [-0.3, -0.25) is 4.79 Å². The molecule has 1 aromatic carbocycles. The van der Waals surface area contributed by atoms with E-state index in [1.165, 1.54) is 4.90 Å². The fourth-order valence-corrected chi connectivity index (χ4v) is 2.01. The minimum Gasteiger partial charge on any atom is -0.330 e. The molecule has 1 aliphatic rings. The number of amides is 1. The van der Waals surface area contributed by atoms with Crippen LogP contribution in [0.4, 0.5) is 10.1 Å². The number of rotatable bonds is 2. The summed E-state index contributed by atoms with van der Waals surface area (Å²) in [4.78, 5) is 13.2. The van der Waals surface area contributed by atoms with Gasteiger partial charge in [-0.2, -0.15) is 0 Å². The molecule has 1 fully saturated rings. The number of hydrogen-bond acceptors (Lipinski definition) is 2. The van der Waals surface area contributed by atoms with E-state index in [1.54, 1.807) is 25.1 Å². The van der Waals surface area contributed by atoms with Crippen LogP contribution in [0.25, 0.3) is 0 Å². The minimum absolute atomic E-state index is 0.0417. The third kappa shape index (κ3) is 1.80. The summed E-state index contributed by atoms with van der Waals surface area (Å²) < 4.78 is 13.8. The number of carbonyl (C=O) groups is 1. The fraction of sp³-hybridized carbons (Fsp3) is 0.417. The lowest BCUT2D eigenvalue weighted by Gasteiger charge is -2.18. The predicted molar refractivity (Wildman–Crippen MR) is 60.7 cm³/mol. The normalized spacial score (nSPS) is 20.6. The van der Waals surface area contributed by atoms with E-state index in [-0.39, 0.29) is 17.6 Å². The van der Waals surface area contributed by atoms with Gasteiger partial charge in [-0.1, -0.05) is 12.1 Å². The maximum absolute atomic E-state index is 13.8. The Morgan fingerprint density at radius 2 is 2.31 bits per heavy atom. The van der Waals surface area contributed by atoms with E-state index in [0.717, 1.165) is 0 Å². The quantitative estimate of drug-likeness (QED) is 0.823. The summed E-state index contributed by atoms with van der Waals surface area (Å²) in [6, 6.07) is 5.09. The zero-order valence-corrected chi connectivity index (χ0v) is 9.24. The number of carbonyl (C=O) groups excluding carboxylic acids is 1. The van der Waals surface area contributed by atoms with Gasteiger partial charge in [0.1, 0.15) is 5.82 Å². The van der Waals surface area contributed by atoms with Crippen LogP contribution < -0.4 is 10.6 Å². The Hall–Kier alpha value is -1.42. The van der Waals surface area contributed by atoms with Gasteiger partial charge < -0.3 is 10.6 Å². The highest BCUT2D eigenvalue weighted by Crippen LogP contribution is 2.28. The average molecular weight is 222 g/mol. The lowest BCUT2D eigenvalue weighted by molar-refractivity contribution is -0.117. The Morgan fingerprint density at radius 1 is 1.56 bits per heavy atom. The molecule has 1 aliphatic heterocycles. The van der Waals surface area contributed by atoms with Crippen molar-refractivity contribution < 1.29 is 9.18 Å². The third-order valence-electron chi connectivity index (χ3n) is 3.00. The number of nitrogens with zero attached hydrogens (tertiary/aromatic N) is 1. The monoisotopic (exact) mass is 222 g/mol. The van der Waals surface area contributed by atoms with E-state index in [2.05, 4.69) is 0 Å². The number of nitrogens with two attached hydrogens (primary N) is 1. The molecule has 1 aromatic rings. The molecule has 0 aromatic heterocycles. The highest BCUT2D eigenvalue weighted by atomic mass is 19.1. The molecular weight excluding hydrogens is 207 g/mol. The molecule has 1 atom stereocenters. The first-order valence-corrected chi connectivity index (χ1v) is 5.39. The summed E-state index contributed by atoms with van der Waals surface area (Å²) in [6.45, 7) is 2.69.